The number of esters is 1. The molecule has 3 heteroatoms. The Balaban J connectivity index is 2.28. The second-order valence-corrected chi connectivity index (χ2v) is 6.65. The summed E-state index contributed by atoms with van der Waals surface area (Å²) >= 11 is 0. The highest BCUT2D eigenvalue weighted by Gasteiger charge is 2.36. The van der Waals surface area contributed by atoms with Gasteiger partial charge in [-0.3, -0.25) is 4.79 Å². The lowest BCUT2D eigenvalue weighted by molar-refractivity contribution is -0.137. The van der Waals surface area contributed by atoms with Crippen molar-refractivity contribution in [3.63, 3.8) is 0 Å². The Labute approximate surface area is 138 Å². The van der Waals surface area contributed by atoms with Crippen LogP contribution in [-0.2, 0) is 14.3 Å². The summed E-state index contributed by atoms with van der Waals surface area (Å²) in [5, 5.41) is 0. The van der Waals surface area contributed by atoms with Gasteiger partial charge in [-0.05, 0) is 58.1 Å². The summed E-state index contributed by atoms with van der Waals surface area (Å²) in [5.41, 5.74) is 3.76. The molecule has 3 nitrogen and oxygen atoms in total. The van der Waals surface area contributed by atoms with Crippen molar-refractivity contribution in [3.8, 4) is 0 Å². The van der Waals surface area contributed by atoms with Gasteiger partial charge in [-0.1, -0.05) is 29.9 Å². The molecule has 0 spiro atoms. The van der Waals surface area contributed by atoms with Gasteiger partial charge in [0, 0.05) is 17.9 Å². The van der Waals surface area contributed by atoms with Gasteiger partial charge in [0.05, 0.1) is 0 Å². The topological polar surface area (TPSA) is 43.4 Å². The fraction of sp³-hybridized carbons (Fsp3) is 0.500. The summed E-state index contributed by atoms with van der Waals surface area (Å²) in [5.74, 6) is -0.212. The molecule has 2 aliphatic rings. The summed E-state index contributed by atoms with van der Waals surface area (Å²) in [4.78, 5) is 24.0. The van der Waals surface area contributed by atoms with E-state index in [1.165, 1.54) is 11.1 Å². The number of rotatable bonds is 0. The summed E-state index contributed by atoms with van der Waals surface area (Å²) in [6, 6.07) is 0. The molecule has 2 rings (SSSR count). The third-order valence-corrected chi connectivity index (χ3v) is 4.69. The van der Waals surface area contributed by atoms with Crippen LogP contribution in [0.25, 0.3) is 0 Å². The quantitative estimate of drug-likeness (QED) is 0.377. The largest absolute Gasteiger partial charge is 0.454 e. The van der Waals surface area contributed by atoms with Crippen LogP contribution in [0.1, 0.15) is 52.9 Å². The Morgan fingerprint density at radius 3 is 2.52 bits per heavy atom. The van der Waals surface area contributed by atoms with Crippen LogP contribution in [0.2, 0.25) is 0 Å². The van der Waals surface area contributed by atoms with Crippen LogP contribution in [0.15, 0.2) is 47.1 Å². The molecule has 124 valence electrons. The molecule has 0 saturated carbocycles. The van der Waals surface area contributed by atoms with E-state index in [1.807, 2.05) is 19.1 Å². The zero-order chi connectivity index (χ0) is 17.0. The number of hydrogen-bond donors (Lipinski definition) is 0. The van der Waals surface area contributed by atoms with Crippen LogP contribution >= 0.6 is 0 Å². The predicted molar refractivity (Wildman–Crippen MR) is 91.9 cm³/mol. The number of hydrogen-bond acceptors (Lipinski definition) is 3. The predicted octanol–water partition coefficient (Wildman–Crippen LogP) is 4.46. The number of fused-ring (bicyclic) bond motifs is 1. The smallest absolute Gasteiger partial charge is 0.334 e. The van der Waals surface area contributed by atoms with E-state index in [9.17, 15) is 9.59 Å². The molecular weight excluding hydrogens is 288 g/mol. The molecular formula is C20H26O3. The molecule has 0 bridgehead atoms. The van der Waals surface area contributed by atoms with Crippen LogP contribution in [-0.4, -0.2) is 17.9 Å². The van der Waals surface area contributed by atoms with Crippen molar-refractivity contribution in [1.29, 1.82) is 0 Å². The Hall–Kier alpha value is -1.90. The van der Waals surface area contributed by atoms with E-state index in [2.05, 4.69) is 26.5 Å². The first kappa shape index (κ1) is 17.5. The zero-order valence-electron chi connectivity index (χ0n) is 14.4. The minimum absolute atomic E-state index is 0.0691. The highest BCUT2D eigenvalue weighted by atomic mass is 16.5. The molecule has 1 heterocycles. The molecule has 23 heavy (non-hydrogen) atoms. The molecule has 0 aromatic rings. The van der Waals surface area contributed by atoms with E-state index in [4.69, 9.17) is 4.74 Å². The minimum Gasteiger partial charge on any atom is -0.454 e. The van der Waals surface area contributed by atoms with Crippen molar-refractivity contribution in [2.45, 2.75) is 59.0 Å². The lowest BCUT2D eigenvalue weighted by Crippen LogP contribution is -2.14. The van der Waals surface area contributed by atoms with Gasteiger partial charge in [0.2, 0.25) is 0 Å². The van der Waals surface area contributed by atoms with Crippen LogP contribution in [0.5, 0.6) is 0 Å². The lowest BCUT2D eigenvalue weighted by Gasteiger charge is -2.15. The van der Waals surface area contributed by atoms with Crippen LogP contribution in [0.4, 0.5) is 0 Å². The molecule has 0 aromatic heterocycles. The van der Waals surface area contributed by atoms with E-state index in [1.54, 1.807) is 0 Å². The molecule has 1 fully saturated rings. The second-order valence-electron chi connectivity index (χ2n) is 6.65. The van der Waals surface area contributed by atoms with Crippen molar-refractivity contribution < 1.29 is 14.3 Å². The molecule has 0 aromatic carbocycles. The molecule has 0 amide bonds. The first-order chi connectivity index (χ1) is 10.9. The summed E-state index contributed by atoms with van der Waals surface area (Å²) in [6.45, 7) is 9.88. The first-order valence-corrected chi connectivity index (χ1v) is 8.31. The lowest BCUT2D eigenvalue weighted by atomic mass is 9.90. The van der Waals surface area contributed by atoms with E-state index in [-0.39, 0.29) is 23.8 Å². The number of carbonyl (C=O) groups is 2. The van der Waals surface area contributed by atoms with Gasteiger partial charge in [0.1, 0.15) is 6.10 Å². The molecule has 1 saturated heterocycles. The fourth-order valence-corrected chi connectivity index (χ4v) is 3.00. The number of ketones is 1. The number of allylic oxidation sites excluding steroid dienone is 5. The van der Waals surface area contributed by atoms with Crippen molar-refractivity contribution in [3.05, 3.63) is 47.1 Å². The standard InChI is InChI=1S/C20H26O3/c1-13-6-5-7-14(2)12-19-17(16(4)20(22)23-19)10-9-15(3)18(21)11-8-13/h6,9,12,17,19H,4-5,7-8,10-11H2,1-3H3/b13-6+,14-12?,15-9-/t17-,19-/m0/s1. The number of ether oxygens (including phenoxy) is 1. The van der Waals surface area contributed by atoms with Crippen molar-refractivity contribution >= 4 is 11.8 Å². The van der Waals surface area contributed by atoms with Gasteiger partial charge in [-0.25, -0.2) is 4.79 Å². The van der Waals surface area contributed by atoms with Crippen LogP contribution in [0.3, 0.4) is 0 Å². The van der Waals surface area contributed by atoms with E-state index in [0.29, 0.717) is 18.4 Å². The van der Waals surface area contributed by atoms with Crippen molar-refractivity contribution in [2.24, 2.45) is 5.92 Å². The third-order valence-electron chi connectivity index (χ3n) is 4.69. The Morgan fingerprint density at radius 1 is 1.04 bits per heavy atom. The first-order valence-electron chi connectivity index (χ1n) is 8.31. The maximum atomic E-state index is 12.2. The van der Waals surface area contributed by atoms with Gasteiger partial charge >= 0.3 is 5.97 Å². The number of carbonyl (C=O) groups excluding carboxylic acids is 2. The fourth-order valence-electron chi connectivity index (χ4n) is 3.00. The molecule has 1 aliphatic heterocycles. The van der Waals surface area contributed by atoms with Crippen LogP contribution in [0, 0.1) is 5.92 Å². The van der Waals surface area contributed by atoms with Gasteiger partial charge in [0.15, 0.2) is 5.78 Å². The Kier molecular flexibility index (Phi) is 5.75. The van der Waals surface area contributed by atoms with Crippen molar-refractivity contribution in [2.75, 3.05) is 0 Å². The Bertz CT molecular complexity index is 604. The monoisotopic (exact) mass is 314 g/mol. The van der Waals surface area contributed by atoms with E-state index >= 15 is 0 Å². The average Bonchev–Trinajstić information content (AvgIpc) is 2.76. The zero-order valence-corrected chi connectivity index (χ0v) is 14.4. The maximum Gasteiger partial charge on any atom is 0.334 e. The molecule has 0 unspecified atom stereocenters. The Morgan fingerprint density at radius 2 is 1.78 bits per heavy atom. The van der Waals surface area contributed by atoms with E-state index < -0.39 is 0 Å². The molecule has 0 radical (unpaired) electrons. The van der Waals surface area contributed by atoms with Gasteiger partial charge in [0.25, 0.3) is 0 Å². The maximum absolute atomic E-state index is 12.2. The highest BCUT2D eigenvalue weighted by Crippen LogP contribution is 2.32. The SMILES string of the molecule is C=C1C(=O)O[C@H]2C=C(C)CC/C=C(\C)CCC(=O)/C(C)=C\C[C@@H]12. The average molecular weight is 314 g/mol. The highest BCUT2D eigenvalue weighted by molar-refractivity contribution is 5.95. The van der Waals surface area contributed by atoms with E-state index in [0.717, 1.165) is 24.8 Å². The third kappa shape index (κ3) is 4.54. The summed E-state index contributed by atoms with van der Waals surface area (Å²) < 4.78 is 5.45. The van der Waals surface area contributed by atoms with Gasteiger partial charge < -0.3 is 4.74 Å². The normalized spacial score (nSPS) is 32.0. The summed E-state index contributed by atoms with van der Waals surface area (Å²) in [6.07, 6.45) is 9.77. The molecule has 0 N–H and O–H groups in total. The second kappa shape index (κ2) is 7.58. The van der Waals surface area contributed by atoms with Crippen LogP contribution < -0.4 is 0 Å². The number of Topliss-reactive ketones (excluding diaryl/α,β-unsaturated/α-hetero) is 1. The van der Waals surface area contributed by atoms with Crippen molar-refractivity contribution in [1.82, 2.24) is 0 Å². The molecule has 1 aliphatic carbocycles. The molecule has 2 atom stereocenters. The van der Waals surface area contributed by atoms with Gasteiger partial charge in [-0.15, -0.1) is 0 Å². The van der Waals surface area contributed by atoms with Gasteiger partial charge in [-0.2, -0.15) is 0 Å². The minimum atomic E-state index is -0.318. The summed E-state index contributed by atoms with van der Waals surface area (Å²) in [7, 11) is 0.